The Balaban J connectivity index is 1.56. The predicted octanol–water partition coefficient (Wildman–Crippen LogP) is 11.4. The lowest BCUT2D eigenvalue weighted by atomic mass is 9.88. The van der Waals surface area contributed by atoms with Crippen molar-refractivity contribution in [2.24, 2.45) is 0 Å². The average Bonchev–Trinajstić information content (AvgIpc) is 3.02. The van der Waals surface area contributed by atoms with Crippen LogP contribution in [0.3, 0.4) is 0 Å². The molecule has 0 bridgehead atoms. The smallest absolute Gasteiger partial charge is 0.119 e. The Labute approximate surface area is 283 Å². The van der Waals surface area contributed by atoms with Gasteiger partial charge in [0, 0.05) is 27.6 Å². The van der Waals surface area contributed by atoms with Crippen LogP contribution in [0.5, 0.6) is 5.75 Å². The van der Waals surface area contributed by atoms with Gasteiger partial charge in [-0.3, -0.25) is 0 Å². The zero-order chi connectivity index (χ0) is 33.6. The third-order valence-electron chi connectivity index (χ3n) is 9.52. The van der Waals surface area contributed by atoms with Crippen LogP contribution in [0.4, 0.5) is 0 Å². The lowest BCUT2D eigenvalue weighted by molar-refractivity contribution is -0.254. The molecule has 252 valence electrons. The van der Waals surface area contributed by atoms with Gasteiger partial charge in [0.15, 0.2) is 0 Å². The predicted molar refractivity (Wildman–Crippen MR) is 202 cm³/mol. The summed E-state index contributed by atoms with van der Waals surface area (Å²) in [5, 5.41) is 12.0. The first-order chi connectivity index (χ1) is 21.9. The molecule has 0 saturated heterocycles. The third kappa shape index (κ3) is 13.2. The van der Waals surface area contributed by atoms with Gasteiger partial charge in [-0.1, -0.05) is 158 Å². The van der Waals surface area contributed by atoms with Gasteiger partial charge >= 0.3 is 0 Å². The van der Waals surface area contributed by atoms with E-state index in [1.807, 2.05) is 36.4 Å². The number of hydrogen-bond acceptors (Lipinski definition) is 3. The molecule has 1 atom stereocenters. The van der Waals surface area contributed by atoms with Crippen molar-refractivity contribution in [3.63, 3.8) is 0 Å². The molecule has 3 nitrogen and oxygen atoms in total. The zero-order valence-corrected chi connectivity index (χ0v) is 32.1. The molecule has 3 rings (SSSR count). The molecule has 5 heteroatoms. The Kier molecular flexibility index (Phi) is 15.3. The van der Waals surface area contributed by atoms with Crippen molar-refractivity contribution in [3.8, 4) is 16.9 Å². The van der Waals surface area contributed by atoms with Gasteiger partial charge in [-0.2, -0.15) is 0 Å². The van der Waals surface area contributed by atoms with Gasteiger partial charge in [-0.05, 0) is 65.3 Å². The van der Waals surface area contributed by atoms with Gasteiger partial charge in [0.2, 0.25) is 0 Å². The highest BCUT2D eigenvalue weighted by Gasteiger charge is 2.21. The van der Waals surface area contributed by atoms with Gasteiger partial charge in [0.1, 0.15) is 5.75 Å². The number of aromatic carboxylic acids is 1. The first kappa shape index (κ1) is 37.8. The molecule has 0 saturated carbocycles. The Morgan fingerprint density at radius 2 is 1.35 bits per heavy atom. The fourth-order valence-electron chi connectivity index (χ4n) is 6.37. The maximum Gasteiger partial charge on any atom is 0.119 e. The maximum absolute atomic E-state index is 12.0. The first-order valence-electron chi connectivity index (χ1n) is 18.1. The molecule has 0 aliphatic carbocycles. The van der Waals surface area contributed by atoms with E-state index >= 15 is 0 Å². The Morgan fingerprint density at radius 3 is 2.00 bits per heavy atom. The SMILES string of the molecule is CCCCCCCCOc1ccc(-c2cc(C(C)c3ccc(CCCC[Si](C)(C)CCC[Si](C)(C)C)cc3)ccc2C(=O)[O-])cc1. The number of ether oxygens (including phenoxy) is 1. The standard InChI is InChI=1S/C41H62O3Si2/c1-8-9-10-11-12-14-28-44-38-25-22-36(23-26-38)40-32-37(24-27-39(40)41(42)43)33(2)35-20-18-34(19-21-35)17-13-15-30-46(6,7)31-16-29-45(3,4)5/h18-27,32-33H,8-17,28-31H2,1-7H3,(H,42,43)/p-1. The fourth-order valence-corrected chi connectivity index (χ4v) is 10.6. The summed E-state index contributed by atoms with van der Waals surface area (Å²) >= 11 is 0. The molecule has 0 N–H and O–H groups in total. The number of unbranched alkanes of at least 4 members (excludes halogenated alkanes) is 6. The van der Waals surface area contributed by atoms with E-state index in [0.29, 0.717) is 12.2 Å². The van der Waals surface area contributed by atoms with Crippen molar-refractivity contribution >= 4 is 22.1 Å². The second-order valence-electron chi connectivity index (χ2n) is 15.5. The highest BCUT2D eigenvalue weighted by molar-refractivity contribution is 6.78. The molecule has 0 aliphatic rings. The van der Waals surface area contributed by atoms with Gasteiger partial charge in [-0.15, -0.1) is 0 Å². The molecule has 46 heavy (non-hydrogen) atoms. The Hall–Kier alpha value is -2.64. The van der Waals surface area contributed by atoms with Crippen LogP contribution in [-0.4, -0.2) is 28.7 Å². The summed E-state index contributed by atoms with van der Waals surface area (Å²) in [5.74, 6) is -0.189. The molecule has 3 aromatic rings. The van der Waals surface area contributed by atoms with Crippen molar-refractivity contribution in [2.45, 2.75) is 135 Å². The van der Waals surface area contributed by atoms with Crippen molar-refractivity contribution in [3.05, 3.63) is 89.0 Å². The van der Waals surface area contributed by atoms with Crippen molar-refractivity contribution in [2.75, 3.05) is 6.61 Å². The topological polar surface area (TPSA) is 49.4 Å². The van der Waals surface area contributed by atoms with E-state index in [2.05, 4.69) is 70.8 Å². The maximum atomic E-state index is 12.0. The molecule has 0 aliphatic heterocycles. The number of rotatable bonds is 21. The van der Waals surface area contributed by atoms with E-state index < -0.39 is 22.1 Å². The highest BCUT2D eigenvalue weighted by Crippen LogP contribution is 2.32. The number of carboxylic acid groups (broad SMARTS) is 1. The number of aryl methyl sites for hydroxylation is 1. The number of carboxylic acids is 1. The van der Waals surface area contributed by atoms with Crippen LogP contribution in [-0.2, 0) is 6.42 Å². The van der Waals surface area contributed by atoms with E-state index in [1.165, 1.54) is 80.6 Å². The van der Waals surface area contributed by atoms with Crippen LogP contribution in [0.25, 0.3) is 11.1 Å². The molecule has 0 fully saturated rings. The van der Waals surface area contributed by atoms with E-state index in [0.717, 1.165) is 29.7 Å². The molecule has 0 heterocycles. The van der Waals surface area contributed by atoms with Crippen LogP contribution in [0, 0.1) is 0 Å². The molecule has 0 radical (unpaired) electrons. The minimum atomic E-state index is -1.15. The summed E-state index contributed by atoms with van der Waals surface area (Å²) in [4.78, 5) is 12.0. The van der Waals surface area contributed by atoms with Crippen LogP contribution in [0.2, 0.25) is 50.9 Å². The summed E-state index contributed by atoms with van der Waals surface area (Å²) in [6.07, 6.45) is 12.6. The Bertz CT molecular complexity index is 1320. The fraction of sp³-hybridized carbons (Fsp3) is 0.537. The monoisotopic (exact) mass is 657 g/mol. The number of hydrogen-bond donors (Lipinski definition) is 0. The molecule has 3 aromatic carbocycles. The van der Waals surface area contributed by atoms with E-state index in [4.69, 9.17) is 4.74 Å². The van der Waals surface area contributed by atoms with Gasteiger partial charge in [0.05, 0.1) is 12.6 Å². The second-order valence-corrected chi connectivity index (χ2v) is 26.4. The largest absolute Gasteiger partial charge is 0.545 e. The van der Waals surface area contributed by atoms with Gasteiger partial charge < -0.3 is 14.6 Å². The van der Waals surface area contributed by atoms with Crippen LogP contribution >= 0.6 is 0 Å². The highest BCUT2D eigenvalue weighted by atomic mass is 28.3. The summed E-state index contributed by atoms with van der Waals surface area (Å²) in [5.41, 5.74) is 5.51. The van der Waals surface area contributed by atoms with E-state index in [-0.39, 0.29) is 11.5 Å². The molecule has 0 amide bonds. The lowest BCUT2D eigenvalue weighted by Crippen LogP contribution is -2.26. The number of benzene rings is 3. The minimum absolute atomic E-state index is 0.145. The average molecular weight is 658 g/mol. The summed E-state index contributed by atoms with van der Waals surface area (Å²) < 4.78 is 5.95. The molecule has 0 spiro atoms. The summed E-state index contributed by atoms with van der Waals surface area (Å²) in [6, 6.07) is 26.9. The van der Waals surface area contributed by atoms with E-state index in [9.17, 15) is 9.90 Å². The van der Waals surface area contributed by atoms with Crippen molar-refractivity contribution in [1.82, 2.24) is 0 Å². The molecule has 1 unspecified atom stereocenters. The molecule has 0 aromatic heterocycles. The lowest BCUT2D eigenvalue weighted by Gasteiger charge is -2.24. The summed E-state index contributed by atoms with van der Waals surface area (Å²) in [6.45, 7) is 17.8. The van der Waals surface area contributed by atoms with Crippen molar-refractivity contribution in [1.29, 1.82) is 0 Å². The van der Waals surface area contributed by atoms with Crippen LogP contribution in [0.15, 0.2) is 66.7 Å². The number of carbonyl (C=O) groups excluding carboxylic acids is 1. The molecular formula is C41H61O3Si2-. The van der Waals surface area contributed by atoms with Gasteiger partial charge in [-0.25, -0.2) is 0 Å². The zero-order valence-electron chi connectivity index (χ0n) is 30.1. The molecular weight excluding hydrogens is 597 g/mol. The van der Waals surface area contributed by atoms with Gasteiger partial charge in [0.25, 0.3) is 0 Å². The first-order valence-corrected chi connectivity index (χ1v) is 25.2. The van der Waals surface area contributed by atoms with Crippen LogP contribution in [0.1, 0.15) is 105 Å². The minimum Gasteiger partial charge on any atom is -0.545 e. The second kappa shape index (κ2) is 18.6. The summed E-state index contributed by atoms with van der Waals surface area (Å²) in [7, 11) is -2.00. The van der Waals surface area contributed by atoms with Crippen molar-refractivity contribution < 1.29 is 14.6 Å². The normalized spacial score (nSPS) is 12.7. The van der Waals surface area contributed by atoms with E-state index in [1.54, 1.807) is 6.07 Å². The third-order valence-corrected chi connectivity index (χ3v) is 14.8. The van der Waals surface area contributed by atoms with Crippen LogP contribution < -0.4 is 9.84 Å². The number of carbonyl (C=O) groups is 1. The quantitative estimate of drug-likeness (QED) is 0.0846. The Morgan fingerprint density at radius 1 is 0.717 bits per heavy atom.